The molecular formula is C11H8ClFN2O3S. The van der Waals surface area contributed by atoms with Crippen LogP contribution in [0, 0.1) is 5.82 Å². The van der Waals surface area contributed by atoms with Gasteiger partial charge in [-0.05, 0) is 24.3 Å². The quantitative estimate of drug-likeness (QED) is 0.910. The number of rotatable bonds is 3. The van der Waals surface area contributed by atoms with Gasteiger partial charge in [-0.2, -0.15) is 0 Å². The van der Waals surface area contributed by atoms with E-state index in [-0.39, 0.29) is 15.6 Å². The number of nitrogens with one attached hydrogen (secondary N) is 2. The summed E-state index contributed by atoms with van der Waals surface area (Å²) >= 11 is 5.57. The van der Waals surface area contributed by atoms with Gasteiger partial charge >= 0.3 is 0 Å². The molecule has 0 saturated heterocycles. The van der Waals surface area contributed by atoms with Gasteiger partial charge in [-0.3, -0.25) is 9.52 Å². The molecule has 0 bridgehead atoms. The van der Waals surface area contributed by atoms with Crippen molar-refractivity contribution in [2.75, 3.05) is 4.72 Å². The highest BCUT2D eigenvalue weighted by atomic mass is 35.5. The summed E-state index contributed by atoms with van der Waals surface area (Å²) in [5.74, 6) is -0.791. The zero-order valence-electron chi connectivity index (χ0n) is 9.35. The average molecular weight is 303 g/mol. The highest BCUT2D eigenvalue weighted by molar-refractivity contribution is 7.92. The predicted molar refractivity (Wildman–Crippen MR) is 69.3 cm³/mol. The molecule has 0 aliphatic heterocycles. The average Bonchev–Trinajstić information content (AvgIpc) is 2.33. The van der Waals surface area contributed by atoms with Crippen LogP contribution in [0.4, 0.5) is 10.1 Å². The van der Waals surface area contributed by atoms with Gasteiger partial charge in [-0.1, -0.05) is 11.6 Å². The van der Waals surface area contributed by atoms with Crippen LogP contribution in [0.25, 0.3) is 0 Å². The van der Waals surface area contributed by atoms with Gasteiger partial charge in [-0.15, -0.1) is 0 Å². The zero-order chi connectivity index (χ0) is 14.0. The van der Waals surface area contributed by atoms with Gasteiger partial charge in [-0.25, -0.2) is 12.8 Å². The van der Waals surface area contributed by atoms with Gasteiger partial charge in [0, 0.05) is 17.3 Å². The Labute approximate surface area is 113 Å². The van der Waals surface area contributed by atoms with Gasteiger partial charge in [0.1, 0.15) is 10.7 Å². The summed E-state index contributed by atoms with van der Waals surface area (Å²) in [6, 6.07) is 5.74. The van der Waals surface area contributed by atoms with E-state index in [9.17, 15) is 17.6 Å². The maximum absolute atomic E-state index is 13.5. The molecule has 2 rings (SSSR count). The van der Waals surface area contributed by atoms with Crippen molar-refractivity contribution in [1.82, 2.24) is 4.98 Å². The summed E-state index contributed by atoms with van der Waals surface area (Å²) in [6.45, 7) is 0. The Balaban J connectivity index is 2.36. The Morgan fingerprint density at radius 1 is 1.21 bits per heavy atom. The third-order valence-electron chi connectivity index (χ3n) is 2.24. The Morgan fingerprint density at radius 2 is 1.95 bits per heavy atom. The molecule has 0 spiro atoms. The number of aromatic nitrogens is 1. The van der Waals surface area contributed by atoms with Crippen LogP contribution in [-0.2, 0) is 10.0 Å². The molecule has 0 radical (unpaired) electrons. The van der Waals surface area contributed by atoms with E-state index in [1.165, 1.54) is 12.1 Å². The topological polar surface area (TPSA) is 79.0 Å². The van der Waals surface area contributed by atoms with E-state index in [0.29, 0.717) is 0 Å². The summed E-state index contributed by atoms with van der Waals surface area (Å²) in [6.07, 6.45) is 1.03. The van der Waals surface area contributed by atoms with E-state index in [1.54, 1.807) is 0 Å². The second kappa shape index (κ2) is 5.02. The standard InChI is InChI=1S/C11H8ClFN2O3S/c12-7-1-3-10(9(13)5-7)15-19(17,18)8-2-4-11(16)14-6-8/h1-6,15H,(H,14,16). The molecule has 1 aromatic heterocycles. The molecule has 0 amide bonds. The lowest BCUT2D eigenvalue weighted by Gasteiger charge is -2.08. The summed E-state index contributed by atoms with van der Waals surface area (Å²) in [5, 5.41) is 0.157. The third-order valence-corrected chi connectivity index (χ3v) is 3.84. The number of pyridine rings is 1. The number of benzene rings is 1. The van der Waals surface area contributed by atoms with Crippen molar-refractivity contribution in [3.8, 4) is 0 Å². The summed E-state index contributed by atoms with van der Waals surface area (Å²) in [7, 11) is -3.97. The predicted octanol–water partition coefficient (Wildman–Crippen LogP) is 1.97. The molecule has 2 aromatic rings. The van der Waals surface area contributed by atoms with Crippen molar-refractivity contribution < 1.29 is 12.8 Å². The molecule has 1 aromatic carbocycles. The van der Waals surface area contributed by atoms with Crippen molar-refractivity contribution >= 4 is 27.3 Å². The Hall–Kier alpha value is -1.86. The van der Waals surface area contributed by atoms with Crippen LogP contribution >= 0.6 is 11.6 Å². The Bertz CT molecular complexity index is 753. The van der Waals surface area contributed by atoms with Gasteiger partial charge in [0.25, 0.3) is 10.0 Å². The lowest BCUT2D eigenvalue weighted by molar-refractivity contribution is 0.598. The van der Waals surface area contributed by atoms with Gasteiger partial charge in [0.05, 0.1) is 5.69 Å². The Morgan fingerprint density at radius 3 is 2.53 bits per heavy atom. The number of halogens is 2. The number of sulfonamides is 1. The van der Waals surface area contributed by atoms with E-state index in [1.807, 2.05) is 0 Å². The highest BCUT2D eigenvalue weighted by Crippen LogP contribution is 2.21. The van der Waals surface area contributed by atoms with Gasteiger partial charge in [0.15, 0.2) is 0 Å². The molecule has 0 saturated carbocycles. The van der Waals surface area contributed by atoms with Crippen LogP contribution in [0.15, 0.2) is 46.2 Å². The van der Waals surface area contributed by atoms with Crippen LogP contribution in [0.3, 0.4) is 0 Å². The maximum Gasteiger partial charge on any atom is 0.263 e. The fraction of sp³-hybridized carbons (Fsp3) is 0. The molecule has 2 N–H and O–H groups in total. The second-order valence-electron chi connectivity index (χ2n) is 3.62. The van der Waals surface area contributed by atoms with E-state index in [0.717, 1.165) is 24.4 Å². The van der Waals surface area contributed by atoms with Crippen LogP contribution in [0.5, 0.6) is 0 Å². The number of hydrogen-bond donors (Lipinski definition) is 2. The maximum atomic E-state index is 13.5. The highest BCUT2D eigenvalue weighted by Gasteiger charge is 2.16. The fourth-order valence-corrected chi connectivity index (χ4v) is 2.53. The monoisotopic (exact) mass is 302 g/mol. The van der Waals surface area contributed by atoms with Gasteiger partial charge < -0.3 is 4.98 Å². The molecule has 8 heteroatoms. The van der Waals surface area contributed by atoms with Crippen molar-refractivity contribution in [3.63, 3.8) is 0 Å². The van der Waals surface area contributed by atoms with Crippen molar-refractivity contribution in [2.24, 2.45) is 0 Å². The number of aromatic amines is 1. The lowest BCUT2D eigenvalue weighted by atomic mass is 10.3. The van der Waals surface area contributed by atoms with E-state index < -0.39 is 21.4 Å². The van der Waals surface area contributed by atoms with Crippen LogP contribution in [0.2, 0.25) is 5.02 Å². The van der Waals surface area contributed by atoms with Crippen molar-refractivity contribution in [1.29, 1.82) is 0 Å². The molecule has 19 heavy (non-hydrogen) atoms. The molecule has 0 fully saturated rings. The van der Waals surface area contributed by atoms with Crippen LogP contribution in [-0.4, -0.2) is 13.4 Å². The largest absolute Gasteiger partial charge is 0.328 e. The first kappa shape index (κ1) is 13.6. The Kier molecular flexibility index (Phi) is 3.59. The van der Waals surface area contributed by atoms with Crippen LogP contribution < -0.4 is 10.3 Å². The number of anilines is 1. The molecule has 0 atom stereocenters. The third kappa shape index (κ3) is 3.12. The minimum absolute atomic E-state index is 0.157. The minimum atomic E-state index is -3.97. The number of hydrogen-bond acceptors (Lipinski definition) is 3. The molecule has 0 unspecified atom stereocenters. The molecular weight excluding hydrogens is 295 g/mol. The first-order chi connectivity index (χ1) is 8.88. The normalized spacial score (nSPS) is 11.3. The van der Waals surface area contributed by atoms with Crippen molar-refractivity contribution in [2.45, 2.75) is 4.90 Å². The summed E-state index contributed by atoms with van der Waals surface area (Å²) < 4.78 is 39.4. The molecule has 0 aliphatic carbocycles. The zero-order valence-corrected chi connectivity index (χ0v) is 10.9. The molecule has 5 nitrogen and oxygen atoms in total. The lowest BCUT2D eigenvalue weighted by Crippen LogP contribution is -2.16. The first-order valence-corrected chi connectivity index (χ1v) is 6.91. The smallest absolute Gasteiger partial charge is 0.263 e. The van der Waals surface area contributed by atoms with E-state index in [4.69, 9.17) is 11.6 Å². The SMILES string of the molecule is O=c1ccc(S(=O)(=O)Nc2ccc(Cl)cc2F)c[nH]1. The number of H-pyrrole nitrogens is 1. The van der Waals surface area contributed by atoms with Crippen LogP contribution in [0.1, 0.15) is 0 Å². The fourth-order valence-electron chi connectivity index (χ4n) is 1.34. The summed E-state index contributed by atoms with van der Waals surface area (Å²) in [5.41, 5.74) is -0.660. The van der Waals surface area contributed by atoms with Gasteiger partial charge in [0.2, 0.25) is 5.56 Å². The second-order valence-corrected chi connectivity index (χ2v) is 5.74. The minimum Gasteiger partial charge on any atom is -0.328 e. The van der Waals surface area contributed by atoms with E-state index in [2.05, 4.69) is 9.71 Å². The summed E-state index contributed by atoms with van der Waals surface area (Å²) in [4.78, 5) is 12.9. The first-order valence-electron chi connectivity index (χ1n) is 5.05. The molecule has 1 heterocycles. The van der Waals surface area contributed by atoms with Crippen molar-refractivity contribution in [3.05, 3.63) is 57.7 Å². The molecule has 100 valence electrons. The van der Waals surface area contributed by atoms with E-state index >= 15 is 0 Å². The molecule has 0 aliphatic rings.